The summed E-state index contributed by atoms with van der Waals surface area (Å²) < 4.78 is 0. The molecule has 5 nitrogen and oxygen atoms in total. The number of carbonyl (C=O) groups excluding carboxylic acids is 2. The molecule has 0 aliphatic rings. The number of hydrogen-bond donors (Lipinski definition) is 3. The monoisotopic (exact) mass is 215 g/mol. The van der Waals surface area contributed by atoms with Crippen molar-refractivity contribution in [2.75, 3.05) is 13.1 Å². The van der Waals surface area contributed by atoms with E-state index in [1.807, 2.05) is 13.8 Å². The van der Waals surface area contributed by atoms with Gasteiger partial charge >= 0.3 is 0 Å². The van der Waals surface area contributed by atoms with Gasteiger partial charge in [0, 0.05) is 19.5 Å². The number of nitrogens with two attached hydrogens (primary N) is 2. The van der Waals surface area contributed by atoms with E-state index in [0.29, 0.717) is 25.9 Å². The molecule has 0 aliphatic carbocycles. The molecule has 5 N–H and O–H groups in total. The largest absolute Gasteiger partial charge is 0.370 e. The first kappa shape index (κ1) is 13.9. The van der Waals surface area contributed by atoms with Crippen molar-refractivity contribution in [3.05, 3.63) is 0 Å². The van der Waals surface area contributed by atoms with Gasteiger partial charge in [-0.3, -0.25) is 9.59 Å². The summed E-state index contributed by atoms with van der Waals surface area (Å²) in [6.45, 7) is 4.74. The Bertz CT molecular complexity index is 217. The summed E-state index contributed by atoms with van der Waals surface area (Å²) in [5.74, 6) is -0.315. The van der Waals surface area contributed by atoms with Crippen LogP contribution in [0, 0.1) is 11.8 Å². The molecule has 0 aromatic heterocycles. The Hall–Kier alpha value is -1.10. The molecule has 0 fully saturated rings. The fourth-order valence-corrected chi connectivity index (χ4v) is 1.29. The third-order valence-corrected chi connectivity index (χ3v) is 2.29. The normalized spacial score (nSPS) is 12.5. The lowest BCUT2D eigenvalue weighted by Crippen LogP contribution is -2.38. The minimum absolute atomic E-state index is 0.0445. The molecule has 0 radical (unpaired) electrons. The molecule has 0 aromatic rings. The molecule has 1 atom stereocenters. The number of nitrogens with one attached hydrogen (secondary N) is 1. The summed E-state index contributed by atoms with van der Waals surface area (Å²) in [6.07, 6.45) is 0.881. The Balaban J connectivity index is 3.77. The molecule has 88 valence electrons. The predicted molar refractivity (Wildman–Crippen MR) is 58.8 cm³/mol. The van der Waals surface area contributed by atoms with E-state index in [2.05, 4.69) is 5.32 Å². The molecule has 15 heavy (non-hydrogen) atoms. The second-order valence-electron chi connectivity index (χ2n) is 3.95. The molecule has 0 rings (SSSR count). The van der Waals surface area contributed by atoms with Crippen molar-refractivity contribution in [2.24, 2.45) is 23.3 Å². The van der Waals surface area contributed by atoms with Crippen molar-refractivity contribution in [1.29, 1.82) is 0 Å². The lowest BCUT2D eigenvalue weighted by molar-refractivity contribution is -0.126. The lowest BCUT2D eigenvalue weighted by atomic mass is 9.95. The maximum absolute atomic E-state index is 11.6. The smallest absolute Gasteiger partial charge is 0.224 e. The van der Waals surface area contributed by atoms with Crippen LogP contribution >= 0.6 is 0 Å². The second-order valence-corrected chi connectivity index (χ2v) is 3.95. The SMILES string of the molecule is CC(C)C(CN)C(=O)NCCCC(N)=O. The summed E-state index contributed by atoms with van der Waals surface area (Å²) in [6, 6.07) is 0. The van der Waals surface area contributed by atoms with Gasteiger partial charge in [0.05, 0.1) is 5.92 Å². The van der Waals surface area contributed by atoms with Crippen LogP contribution in [0.5, 0.6) is 0 Å². The maximum Gasteiger partial charge on any atom is 0.224 e. The fourth-order valence-electron chi connectivity index (χ4n) is 1.29. The van der Waals surface area contributed by atoms with Gasteiger partial charge in [-0.1, -0.05) is 13.8 Å². The van der Waals surface area contributed by atoms with Crippen molar-refractivity contribution >= 4 is 11.8 Å². The van der Waals surface area contributed by atoms with E-state index in [1.54, 1.807) is 0 Å². The minimum Gasteiger partial charge on any atom is -0.370 e. The number of primary amides is 1. The van der Waals surface area contributed by atoms with Crippen LogP contribution in [0.25, 0.3) is 0 Å². The Labute approximate surface area is 90.6 Å². The summed E-state index contributed by atoms with van der Waals surface area (Å²) in [5, 5.41) is 2.74. The van der Waals surface area contributed by atoms with E-state index in [-0.39, 0.29) is 23.7 Å². The molecular formula is C10H21N3O2. The first-order valence-corrected chi connectivity index (χ1v) is 5.25. The fraction of sp³-hybridized carbons (Fsp3) is 0.800. The van der Waals surface area contributed by atoms with Crippen molar-refractivity contribution in [3.8, 4) is 0 Å². The quantitative estimate of drug-likeness (QED) is 0.504. The van der Waals surface area contributed by atoms with Crippen molar-refractivity contribution in [1.82, 2.24) is 5.32 Å². The summed E-state index contributed by atoms with van der Waals surface area (Å²) >= 11 is 0. The highest BCUT2D eigenvalue weighted by molar-refractivity contribution is 5.79. The molecule has 1 unspecified atom stereocenters. The zero-order valence-corrected chi connectivity index (χ0v) is 9.45. The van der Waals surface area contributed by atoms with Gasteiger partial charge in [0.25, 0.3) is 0 Å². The molecule has 0 heterocycles. The first-order chi connectivity index (χ1) is 6.99. The average Bonchev–Trinajstić information content (AvgIpc) is 2.12. The first-order valence-electron chi connectivity index (χ1n) is 5.25. The van der Waals surface area contributed by atoms with Crippen LogP contribution in [0.4, 0.5) is 0 Å². The van der Waals surface area contributed by atoms with Crippen LogP contribution in [0.2, 0.25) is 0 Å². The maximum atomic E-state index is 11.6. The van der Waals surface area contributed by atoms with Crippen molar-refractivity contribution < 1.29 is 9.59 Å². The number of carbonyl (C=O) groups is 2. The van der Waals surface area contributed by atoms with Gasteiger partial charge in [-0.15, -0.1) is 0 Å². The molecule has 5 heteroatoms. The zero-order chi connectivity index (χ0) is 11.8. The molecule has 0 bridgehead atoms. The van der Waals surface area contributed by atoms with Crippen LogP contribution < -0.4 is 16.8 Å². The summed E-state index contributed by atoms with van der Waals surface area (Å²) in [5.41, 5.74) is 10.5. The number of rotatable bonds is 7. The van der Waals surface area contributed by atoms with Gasteiger partial charge in [-0.2, -0.15) is 0 Å². The van der Waals surface area contributed by atoms with E-state index < -0.39 is 0 Å². The molecule has 0 saturated heterocycles. The van der Waals surface area contributed by atoms with Gasteiger partial charge < -0.3 is 16.8 Å². The van der Waals surface area contributed by atoms with E-state index >= 15 is 0 Å². The van der Waals surface area contributed by atoms with Gasteiger partial charge in [0.15, 0.2) is 0 Å². The molecule has 0 aromatic carbocycles. The average molecular weight is 215 g/mol. The highest BCUT2D eigenvalue weighted by atomic mass is 16.2. The number of amides is 2. The van der Waals surface area contributed by atoms with Crippen LogP contribution in [0.3, 0.4) is 0 Å². The Kier molecular flexibility index (Phi) is 6.70. The molecule has 0 aliphatic heterocycles. The third-order valence-electron chi connectivity index (χ3n) is 2.29. The number of hydrogen-bond acceptors (Lipinski definition) is 3. The highest BCUT2D eigenvalue weighted by Crippen LogP contribution is 2.08. The van der Waals surface area contributed by atoms with Gasteiger partial charge in [-0.05, 0) is 12.3 Å². The standard InChI is InChI=1S/C10H21N3O2/c1-7(2)8(6-11)10(15)13-5-3-4-9(12)14/h7-8H,3-6,11H2,1-2H3,(H2,12,14)(H,13,15). The van der Waals surface area contributed by atoms with Gasteiger partial charge in [0.2, 0.25) is 11.8 Å². The minimum atomic E-state index is -0.344. The van der Waals surface area contributed by atoms with Crippen molar-refractivity contribution in [2.45, 2.75) is 26.7 Å². The lowest BCUT2D eigenvalue weighted by Gasteiger charge is -2.17. The van der Waals surface area contributed by atoms with Crippen molar-refractivity contribution in [3.63, 3.8) is 0 Å². The van der Waals surface area contributed by atoms with E-state index in [9.17, 15) is 9.59 Å². The topological polar surface area (TPSA) is 98.2 Å². The van der Waals surface area contributed by atoms with Gasteiger partial charge in [-0.25, -0.2) is 0 Å². The van der Waals surface area contributed by atoms with Gasteiger partial charge in [0.1, 0.15) is 0 Å². The van der Waals surface area contributed by atoms with Crippen LogP contribution in [-0.2, 0) is 9.59 Å². The molecule has 2 amide bonds. The summed E-state index contributed by atoms with van der Waals surface area (Å²) in [4.78, 5) is 22.0. The van der Waals surface area contributed by atoms with E-state index in [1.165, 1.54) is 0 Å². The predicted octanol–water partition coefficient (Wildman–Crippen LogP) is -0.401. The molecule has 0 saturated carbocycles. The third kappa shape index (κ3) is 6.06. The second kappa shape index (κ2) is 7.23. The Morgan fingerprint density at radius 2 is 1.93 bits per heavy atom. The zero-order valence-electron chi connectivity index (χ0n) is 9.45. The highest BCUT2D eigenvalue weighted by Gasteiger charge is 2.19. The molecular weight excluding hydrogens is 194 g/mol. The van der Waals surface area contributed by atoms with Crippen LogP contribution in [0.1, 0.15) is 26.7 Å². The van der Waals surface area contributed by atoms with E-state index in [4.69, 9.17) is 11.5 Å². The Morgan fingerprint density at radius 1 is 1.33 bits per heavy atom. The van der Waals surface area contributed by atoms with Crippen LogP contribution in [-0.4, -0.2) is 24.9 Å². The van der Waals surface area contributed by atoms with Crippen LogP contribution in [0.15, 0.2) is 0 Å². The summed E-state index contributed by atoms with van der Waals surface area (Å²) in [7, 11) is 0. The molecule has 0 spiro atoms. The van der Waals surface area contributed by atoms with E-state index in [0.717, 1.165) is 0 Å². The Morgan fingerprint density at radius 3 is 2.33 bits per heavy atom.